The standard InChI is InChI=1S/C15H19FN2S/c1-19-14-4-2-3-13(8-14)18-10-12-6-5-11(9-17)7-15(12)16/h5-7,13-14,18H,2-4,8,10H2,1H3. The summed E-state index contributed by atoms with van der Waals surface area (Å²) in [4.78, 5) is 0. The molecule has 1 aromatic carbocycles. The summed E-state index contributed by atoms with van der Waals surface area (Å²) < 4.78 is 13.7. The largest absolute Gasteiger partial charge is 0.310 e. The van der Waals surface area contributed by atoms with E-state index in [1.165, 1.54) is 31.7 Å². The van der Waals surface area contributed by atoms with Crippen molar-refractivity contribution in [3.8, 4) is 6.07 Å². The van der Waals surface area contributed by atoms with Crippen molar-refractivity contribution in [3.05, 3.63) is 35.1 Å². The van der Waals surface area contributed by atoms with Gasteiger partial charge in [0.15, 0.2) is 0 Å². The Hall–Kier alpha value is -1.05. The number of nitriles is 1. The number of nitrogens with one attached hydrogen (secondary N) is 1. The molecule has 2 nitrogen and oxygen atoms in total. The fourth-order valence-electron chi connectivity index (χ4n) is 2.56. The highest BCUT2D eigenvalue weighted by atomic mass is 32.2. The molecule has 1 saturated carbocycles. The Labute approximate surface area is 118 Å². The Kier molecular flexibility index (Phi) is 5.24. The van der Waals surface area contributed by atoms with Crippen LogP contribution in [-0.4, -0.2) is 17.5 Å². The lowest BCUT2D eigenvalue weighted by atomic mass is 9.94. The third-order valence-electron chi connectivity index (χ3n) is 3.72. The Morgan fingerprint density at radius 3 is 3.00 bits per heavy atom. The molecule has 1 aliphatic rings. The average molecular weight is 278 g/mol. The molecule has 0 bridgehead atoms. The van der Waals surface area contributed by atoms with E-state index in [9.17, 15) is 4.39 Å². The molecule has 0 amide bonds. The minimum absolute atomic E-state index is 0.288. The maximum Gasteiger partial charge on any atom is 0.129 e. The smallest absolute Gasteiger partial charge is 0.129 e. The maximum absolute atomic E-state index is 13.7. The molecule has 1 aromatic rings. The van der Waals surface area contributed by atoms with Crippen LogP contribution in [0.3, 0.4) is 0 Å². The summed E-state index contributed by atoms with van der Waals surface area (Å²) >= 11 is 1.93. The first-order valence-electron chi connectivity index (χ1n) is 6.67. The van der Waals surface area contributed by atoms with Crippen LogP contribution >= 0.6 is 11.8 Å². The number of thioether (sulfide) groups is 1. The van der Waals surface area contributed by atoms with Gasteiger partial charge in [-0.25, -0.2) is 4.39 Å². The number of halogens is 1. The van der Waals surface area contributed by atoms with Crippen LogP contribution < -0.4 is 5.32 Å². The average Bonchev–Trinajstić information content (AvgIpc) is 2.46. The molecule has 2 unspecified atom stereocenters. The molecule has 4 heteroatoms. The van der Waals surface area contributed by atoms with Gasteiger partial charge in [0, 0.05) is 23.4 Å². The topological polar surface area (TPSA) is 35.8 Å². The minimum atomic E-state index is -0.288. The van der Waals surface area contributed by atoms with Gasteiger partial charge in [-0.1, -0.05) is 12.5 Å². The summed E-state index contributed by atoms with van der Waals surface area (Å²) in [5.41, 5.74) is 1.02. The SMILES string of the molecule is CSC1CCCC(NCc2ccc(C#N)cc2F)C1. The number of nitrogens with zero attached hydrogens (tertiary/aromatic N) is 1. The summed E-state index contributed by atoms with van der Waals surface area (Å²) in [6, 6.07) is 7.12. The molecule has 2 rings (SSSR count). The monoisotopic (exact) mass is 278 g/mol. The van der Waals surface area contributed by atoms with E-state index in [-0.39, 0.29) is 5.82 Å². The van der Waals surface area contributed by atoms with E-state index >= 15 is 0 Å². The van der Waals surface area contributed by atoms with Crippen LogP contribution in [0, 0.1) is 17.1 Å². The van der Waals surface area contributed by atoms with Gasteiger partial charge in [0.1, 0.15) is 5.82 Å². The zero-order valence-corrected chi connectivity index (χ0v) is 12.0. The van der Waals surface area contributed by atoms with Crippen LogP contribution in [-0.2, 0) is 6.54 Å². The molecule has 19 heavy (non-hydrogen) atoms. The first-order valence-corrected chi connectivity index (χ1v) is 7.96. The van der Waals surface area contributed by atoms with E-state index in [0.717, 1.165) is 5.25 Å². The van der Waals surface area contributed by atoms with Gasteiger partial charge in [-0.3, -0.25) is 0 Å². The van der Waals surface area contributed by atoms with Gasteiger partial charge < -0.3 is 5.32 Å². The molecule has 0 spiro atoms. The van der Waals surface area contributed by atoms with Crippen molar-refractivity contribution in [2.75, 3.05) is 6.26 Å². The van der Waals surface area contributed by atoms with Crippen LogP contribution in [0.4, 0.5) is 4.39 Å². The van der Waals surface area contributed by atoms with E-state index in [0.29, 0.717) is 23.7 Å². The number of hydrogen-bond acceptors (Lipinski definition) is 3. The van der Waals surface area contributed by atoms with Crippen LogP contribution in [0.5, 0.6) is 0 Å². The van der Waals surface area contributed by atoms with Gasteiger partial charge in [-0.15, -0.1) is 0 Å². The predicted molar refractivity (Wildman–Crippen MR) is 77.5 cm³/mol. The minimum Gasteiger partial charge on any atom is -0.310 e. The van der Waals surface area contributed by atoms with Crippen LogP contribution in [0.25, 0.3) is 0 Å². The van der Waals surface area contributed by atoms with Crippen molar-refractivity contribution < 1.29 is 4.39 Å². The van der Waals surface area contributed by atoms with Gasteiger partial charge in [-0.05, 0) is 37.7 Å². The molecular weight excluding hydrogens is 259 g/mol. The number of benzene rings is 1. The lowest BCUT2D eigenvalue weighted by Crippen LogP contribution is -2.34. The summed E-state index contributed by atoms with van der Waals surface area (Å²) in [5.74, 6) is -0.288. The molecular formula is C15H19FN2S. The van der Waals surface area contributed by atoms with Crippen molar-refractivity contribution in [1.82, 2.24) is 5.32 Å². The zero-order chi connectivity index (χ0) is 13.7. The van der Waals surface area contributed by atoms with E-state index < -0.39 is 0 Å². The number of hydrogen-bond donors (Lipinski definition) is 1. The van der Waals surface area contributed by atoms with Crippen molar-refractivity contribution >= 4 is 11.8 Å². The highest BCUT2D eigenvalue weighted by Crippen LogP contribution is 2.27. The van der Waals surface area contributed by atoms with Crippen molar-refractivity contribution in [1.29, 1.82) is 5.26 Å². The van der Waals surface area contributed by atoms with Gasteiger partial charge in [0.25, 0.3) is 0 Å². The third kappa shape index (κ3) is 3.95. The zero-order valence-electron chi connectivity index (χ0n) is 11.2. The predicted octanol–water partition coefficient (Wildman–Crippen LogP) is 3.46. The highest BCUT2D eigenvalue weighted by Gasteiger charge is 2.20. The molecule has 2 atom stereocenters. The second-order valence-corrected chi connectivity index (χ2v) is 6.16. The molecule has 0 saturated heterocycles. The lowest BCUT2D eigenvalue weighted by Gasteiger charge is -2.28. The van der Waals surface area contributed by atoms with Gasteiger partial charge in [0.05, 0.1) is 11.6 Å². The second kappa shape index (κ2) is 6.93. The normalized spacial score (nSPS) is 23.0. The Morgan fingerprint density at radius 2 is 2.32 bits per heavy atom. The Bertz CT molecular complexity index is 470. The second-order valence-electron chi connectivity index (χ2n) is 5.02. The molecule has 0 aromatic heterocycles. The summed E-state index contributed by atoms with van der Waals surface area (Å²) in [7, 11) is 0. The quantitative estimate of drug-likeness (QED) is 0.916. The van der Waals surface area contributed by atoms with E-state index in [4.69, 9.17) is 5.26 Å². The molecule has 0 aliphatic heterocycles. The van der Waals surface area contributed by atoms with Gasteiger partial charge in [-0.2, -0.15) is 17.0 Å². The van der Waals surface area contributed by atoms with E-state index in [1.807, 2.05) is 17.8 Å². The van der Waals surface area contributed by atoms with E-state index in [2.05, 4.69) is 11.6 Å². The first-order chi connectivity index (χ1) is 9.22. The lowest BCUT2D eigenvalue weighted by molar-refractivity contribution is 0.377. The molecule has 1 aliphatic carbocycles. The van der Waals surface area contributed by atoms with E-state index in [1.54, 1.807) is 12.1 Å². The van der Waals surface area contributed by atoms with Crippen LogP contribution in [0.2, 0.25) is 0 Å². The van der Waals surface area contributed by atoms with Crippen LogP contribution in [0.1, 0.15) is 36.8 Å². The van der Waals surface area contributed by atoms with Crippen molar-refractivity contribution in [2.24, 2.45) is 0 Å². The van der Waals surface area contributed by atoms with Crippen molar-refractivity contribution in [3.63, 3.8) is 0 Å². The molecule has 102 valence electrons. The molecule has 1 fully saturated rings. The summed E-state index contributed by atoms with van der Waals surface area (Å²) in [6.07, 6.45) is 7.05. The molecule has 1 N–H and O–H groups in total. The summed E-state index contributed by atoms with van der Waals surface area (Å²) in [5, 5.41) is 12.9. The Balaban J connectivity index is 1.90. The van der Waals surface area contributed by atoms with Crippen molar-refractivity contribution in [2.45, 2.75) is 43.5 Å². The third-order valence-corrected chi connectivity index (χ3v) is 4.82. The van der Waals surface area contributed by atoms with Gasteiger partial charge >= 0.3 is 0 Å². The number of rotatable bonds is 4. The maximum atomic E-state index is 13.7. The first kappa shape index (κ1) is 14.4. The molecule has 0 heterocycles. The fraction of sp³-hybridized carbons (Fsp3) is 0.533. The molecule has 0 radical (unpaired) electrons. The fourth-order valence-corrected chi connectivity index (χ4v) is 3.39. The van der Waals surface area contributed by atoms with Crippen LogP contribution in [0.15, 0.2) is 18.2 Å². The summed E-state index contributed by atoms with van der Waals surface area (Å²) in [6.45, 7) is 0.545. The van der Waals surface area contributed by atoms with Gasteiger partial charge in [0.2, 0.25) is 0 Å². The Morgan fingerprint density at radius 1 is 1.47 bits per heavy atom. The highest BCUT2D eigenvalue weighted by molar-refractivity contribution is 7.99.